The summed E-state index contributed by atoms with van der Waals surface area (Å²) >= 11 is 3.44. The summed E-state index contributed by atoms with van der Waals surface area (Å²) in [6, 6.07) is 7.58. The second kappa shape index (κ2) is 6.20. The van der Waals surface area contributed by atoms with Crippen LogP contribution in [0.5, 0.6) is 0 Å². The molecule has 18 heavy (non-hydrogen) atoms. The van der Waals surface area contributed by atoms with Crippen LogP contribution >= 0.6 is 15.9 Å². The van der Waals surface area contributed by atoms with Crippen molar-refractivity contribution in [1.29, 1.82) is 0 Å². The van der Waals surface area contributed by atoms with Gasteiger partial charge in [-0.2, -0.15) is 0 Å². The second-order valence-electron chi connectivity index (χ2n) is 4.18. The number of carbonyl (C=O) groups excluding carboxylic acids is 1. The number of benzene rings is 1. The van der Waals surface area contributed by atoms with Gasteiger partial charge >= 0.3 is 5.97 Å². The summed E-state index contributed by atoms with van der Waals surface area (Å²) in [5.41, 5.74) is -0.137. The molecule has 2 unspecified atom stereocenters. The van der Waals surface area contributed by atoms with Crippen molar-refractivity contribution in [3.8, 4) is 0 Å². The highest BCUT2D eigenvalue weighted by Crippen LogP contribution is 2.27. The molecule has 1 aromatic rings. The van der Waals surface area contributed by atoms with Crippen molar-refractivity contribution in [1.82, 2.24) is 0 Å². The van der Waals surface area contributed by atoms with Crippen molar-refractivity contribution < 1.29 is 14.3 Å². The number of para-hydroxylation sites is 1. The van der Waals surface area contributed by atoms with Crippen LogP contribution in [0.2, 0.25) is 0 Å². The number of anilines is 1. The van der Waals surface area contributed by atoms with Crippen LogP contribution in [0.25, 0.3) is 0 Å². The van der Waals surface area contributed by atoms with E-state index in [0.717, 1.165) is 10.2 Å². The van der Waals surface area contributed by atoms with Gasteiger partial charge in [-0.1, -0.05) is 12.1 Å². The molecule has 0 aliphatic heterocycles. The summed E-state index contributed by atoms with van der Waals surface area (Å²) in [6.07, 6.45) is -0.336. The lowest BCUT2D eigenvalue weighted by Gasteiger charge is -2.34. The topological polar surface area (TPSA) is 47.6 Å². The first-order valence-corrected chi connectivity index (χ1v) is 6.39. The summed E-state index contributed by atoms with van der Waals surface area (Å²) in [4.78, 5) is 12.0. The number of hydrogen-bond acceptors (Lipinski definition) is 4. The van der Waals surface area contributed by atoms with Crippen molar-refractivity contribution >= 4 is 27.6 Å². The van der Waals surface area contributed by atoms with Gasteiger partial charge in [-0.3, -0.25) is 0 Å². The Morgan fingerprint density at radius 2 is 2.00 bits per heavy atom. The average Bonchev–Trinajstić information content (AvgIpc) is 2.39. The zero-order chi connectivity index (χ0) is 13.8. The Hall–Kier alpha value is -1.07. The predicted octanol–water partition coefficient (Wildman–Crippen LogP) is 2.83. The van der Waals surface area contributed by atoms with Crippen LogP contribution in [0.15, 0.2) is 28.7 Å². The fourth-order valence-electron chi connectivity index (χ4n) is 1.61. The number of methoxy groups -OCH3 is 2. The molecule has 1 aromatic carbocycles. The van der Waals surface area contributed by atoms with Crippen molar-refractivity contribution in [2.45, 2.75) is 25.5 Å². The Morgan fingerprint density at radius 1 is 1.39 bits per heavy atom. The lowest BCUT2D eigenvalue weighted by molar-refractivity contribution is -0.149. The fraction of sp³-hybridized carbons (Fsp3) is 0.462. The third-order valence-electron chi connectivity index (χ3n) is 3.04. The standard InChI is InChI=1S/C13H18BrNO3/c1-9(17-3)13(2,12(16)18-4)15-11-8-6-5-7-10(11)14/h5-9,15H,1-4H3. The van der Waals surface area contributed by atoms with Crippen molar-refractivity contribution in [3.05, 3.63) is 28.7 Å². The van der Waals surface area contributed by atoms with Gasteiger partial charge in [-0.25, -0.2) is 4.79 Å². The normalized spacial score (nSPS) is 15.6. The Balaban J connectivity index is 3.06. The van der Waals surface area contributed by atoms with Gasteiger partial charge in [-0.15, -0.1) is 0 Å². The summed E-state index contributed by atoms with van der Waals surface area (Å²) < 4.78 is 11.0. The minimum Gasteiger partial charge on any atom is -0.467 e. The molecule has 0 aliphatic rings. The Labute approximate surface area is 116 Å². The first-order valence-electron chi connectivity index (χ1n) is 5.59. The third-order valence-corrected chi connectivity index (χ3v) is 3.74. The molecule has 0 saturated heterocycles. The molecule has 2 atom stereocenters. The smallest absolute Gasteiger partial charge is 0.333 e. The molecule has 0 spiro atoms. The zero-order valence-corrected chi connectivity index (χ0v) is 12.6. The fourth-order valence-corrected chi connectivity index (χ4v) is 1.99. The first-order chi connectivity index (χ1) is 8.45. The Morgan fingerprint density at radius 3 is 2.50 bits per heavy atom. The number of halogens is 1. The van der Waals surface area contributed by atoms with Crippen molar-refractivity contribution in [3.63, 3.8) is 0 Å². The van der Waals surface area contributed by atoms with Crippen LogP contribution < -0.4 is 5.32 Å². The maximum absolute atomic E-state index is 12.0. The molecule has 0 bridgehead atoms. The molecule has 0 fully saturated rings. The van der Waals surface area contributed by atoms with Crippen LogP contribution in [0.4, 0.5) is 5.69 Å². The maximum atomic E-state index is 12.0. The van der Waals surface area contributed by atoms with Gasteiger partial charge in [0.2, 0.25) is 0 Å². The molecule has 100 valence electrons. The van der Waals surface area contributed by atoms with Crippen molar-refractivity contribution in [2.24, 2.45) is 0 Å². The van der Waals surface area contributed by atoms with Crippen LogP contribution in [-0.2, 0) is 14.3 Å². The minimum absolute atomic E-state index is 0.336. The van der Waals surface area contributed by atoms with E-state index in [1.165, 1.54) is 7.11 Å². The quantitative estimate of drug-likeness (QED) is 0.849. The molecule has 1 N–H and O–H groups in total. The number of nitrogens with one attached hydrogen (secondary N) is 1. The number of esters is 1. The van der Waals surface area contributed by atoms with E-state index in [1.54, 1.807) is 14.0 Å². The summed E-state index contributed by atoms with van der Waals surface area (Å²) in [5, 5.41) is 3.18. The van der Waals surface area contributed by atoms with Crippen LogP contribution in [-0.4, -0.2) is 31.8 Å². The SMILES string of the molecule is COC(=O)C(C)(Nc1ccccc1Br)C(C)OC. The molecule has 4 nitrogen and oxygen atoms in total. The number of ether oxygens (including phenoxy) is 2. The van der Waals surface area contributed by atoms with Gasteiger partial charge in [0.15, 0.2) is 5.54 Å². The van der Waals surface area contributed by atoms with Gasteiger partial charge < -0.3 is 14.8 Å². The van der Waals surface area contributed by atoms with Gasteiger partial charge in [0.05, 0.1) is 13.2 Å². The molecule has 0 aliphatic carbocycles. The highest BCUT2D eigenvalue weighted by Gasteiger charge is 2.40. The van der Waals surface area contributed by atoms with Gasteiger partial charge in [0.1, 0.15) is 0 Å². The second-order valence-corrected chi connectivity index (χ2v) is 5.03. The lowest BCUT2D eigenvalue weighted by atomic mass is 9.95. The Kier molecular flexibility index (Phi) is 5.16. The molecule has 0 radical (unpaired) electrons. The lowest BCUT2D eigenvalue weighted by Crippen LogP contribution is -2.53. The third kappa shape index (κ3) is 3.03. The van der Waals surface area contributed by atoms with Crippen LogP contribution in [0.1, 0.15) is 13.8 Å². The van der Waals surface area contributed by atoms with E-state index < -0.39 is 5.54 Å². The molecule has 0 aromatic heterocycles. The largest absolute Gasteiger partial charge is 0.467 e. The van der Waals surface area contributed by atoms with Gasteiger partial charge in [0.25, 0.3) is 0 Å². The zero-order valence-electron chi connectivity index (χ0n) is 11.0. The Bertz CT molecular complexity index is 424. The van der Waals surface area contributed by atoms with Gasteiger partial charge in [-0.05, 0) is 41.9 Å². The molecular formula is C13H18BrNO3. The predicted molar refractivity (Wildman–Crippen MR) is 74.7 cm³/mol. The summed E-state index contributed by atoms with van der Waals surface area (Å²) in [7, 11) is 2.93. The molecule has 0 heterocycles. The van der Waals surface area contributed by atoms with Crippen LogP contribution in [0, 0.1) is 0 Å². The van der Waals surface area contributed by atoms with E-state index in [9.17, 15) is 4.79 Å². The molecule has 0 amide bonds. The first kappa shape index (κ1) is 15.0. The van der Waals surface area contributed by atoms with Crippen LogP contribution in [0.3, 0.4) is 0 Å². The molecule has 1 rings (SSSR count). The van der Waals surface area contributed by atoms with E-state index in [4.69, 9.17) is 9.47 Å². The average molecular weight is 316 g/mol. The number of rotatable bonds is 5. The van der Waals surface area contributed by atoms with E-state index in [-0.39, 0.29) is 12.1 Å². The molecular weight excluding hydrogens is 298 g/mol. The summed E-state index contributed by atoms with van der Waals surface area (Å²) in [6.45, 7) is 3.58. The van der Waals surface area contributed by atoms with E-state index in [2.05, 4.69) is 21.2 Å². The molecule has 5 heteroatoms. The number of hydrogen-bond donors (Lipinski definition) is 1. The summed E-state index contributed by atoms with van der Waals surface area (Å²) in [5.74, 6) is -0.368. The minimum atomic E-state index is -0.951. The van der Waals surface area contributed by atoms with E-state index in [1.807, 2.05) is 31.2 Å². The maximum Gasteiger partial charge on any atom is 0.333 e. The highest BCUT2D eigenvalue weighted by molar-refractivity contribution is 9.10. The van der Waals surface area contributed by atoms with Gasteiger partial charge in [0, 0.05) is 17.3 Å². The van der Waals surface area contributed by atoms with Crippen molar-refractivity contribution in [2.75, 3.05) is 19.5 Å². The molecule has 0 saturated carbocycles. The monoisotopic (exact) mass is 315 g/mol. The van der Waals surface area contributed by atoms with E-state index >= 15 is 0 Å². The number of carbonyl (C=O) groups is 1. The van der Waals surface area contributed by atoms with E-state index in [0.29, 0.717) is 0 Å². The highest BCUT2D eigenvalue weighted by atomic mass is 79.9.